The molecule has 4 rings (SSSR count). The lowest BCUT2D eigenvalue weighted by Crippen LogP contribution is -2.49. The van der Waals surface area contributed by atoms with Crippen LogP contribution < -0.4 is 9.80 Å². The van der Waals surface area contributed by atoms with Crippen LogP contribution in [-0.4, -0.2) is 59.7 Å². The minimum absolute atomic E-state index is 0.0134. The van der Waals surface area contributed by atoms with Gasteiger partial charge >= 0.3 is 6.09 Å². The van der Waals surface area contributed by atoms with E-state index in [1.165, 1.54) is 0 Å². The van der Waals surface area contributed by atoms with Crippen molar-refractivity contribution in [2.75, 3.05) is 36.0 Å². The summed E-state index contributed by atoms with van der Waals surface area (Å²) in [4.78, 5) is 36.1. The second-order valence-corrected chi connectivity index (χ2v) is 10.0. The first-order valence-electron chi connectivity index (χ1n) is 11.7. The van der Waals surface area contributed by atoms with Crippen LogP contribution in [0.4, 0.5) is 16.3 Å². The van der Waals surface area contributed by atoms with Gasteiger partial charge in [0.05, 0.1) is 6.04 Å². The van der Waals surface area contributed by atoms with Crippen LogP contribution >= 0.6 is 0 Å². The van der Waals surface area contributed by atoms with Crippen LogP contribution in [0, 0.1) is 19.8 Å². The standard InChI is InChI=1S/C26H34N4O3/c1-17(2)22-26(5,6)33-25(32)30(22)21-9-7-20(8-10-21)24(31)29-13-11-28(12-14-29)23-19(4)15-18(3)16-27-23/h7-10,15-17,22H,11-14H2,1-6H3/t22-/m1/s1. The quantitative estimate of drug-likeness (QED) is 0.690. The highest BCUT2D eigenvalue weighted by Crippen LogP contribution is 2.37. The molecule has 0 aliphatic carbocycles. The molecular weight excluding hydrogens is 416 g/mol. The molecule has 2 amide bonds. The molecule has 1 aromatic heterocycles. The normalized spacial score (nSPS) is 20.4. The maximum Gasteiger partial charge on any atom is 0.415 e. The van der Waals surface area contributed by atoms with Gasteiger partial charge < -0.3 is 14.5 Å². The Hall–Kier alpha value is -3.09. The van der Waals surface area contributed by atoms with Crippen LogP contribution in [0.2, 0.25) is 0 Å². The largest absolute Gasteiger partial charge is 0.441 e. The van der Waals surface area contributed by atoms with Gasteiger partial charge in [0.2, 0.25) is 0 Å². The molecule has 0 radical (unpaired) electrons. The Morgan fingerprint density at radius 2 is 1.73 bits per heavy atom. The van der Waals surface area contributed by atoms with Crippen molar-refractivity contribution < 1.29 is 14.3 Å². The van der Waals surface area contributed by atoms with E-state index < -0.39 is 5.60 Å². The van der Waals surface area contributed by atoms with E-state index in [1.807, 2.05) is 56.1 Å². The van der Waals surface area contributed by atoms with E-state index in [0.29, 0.717) is 18.7 Å². The topological polar surface area (TPSA) is 66.0 Å². The molecule has 2 fully saturated rings. The highest BCUT2D eigenvalue weighted by Gasteiger charge is 2.49. The number of pyridine rings is 1. The number of benzene rings is 1. The van der Waals surface area contributed by atoms with Crippen molar-refractivity contribution in [1.82, 2.24) is 9.88 Å². The van der Waals surface area contributed by atoms with Crippen molar-refractivity contribution in [3.8, 4) is 0 Å². The number of aryl methyl sites for hydroxylation is 2. The minimum atomic E-state index is -0.565. The van der Waals surface area contributed by atoms with E-state index in [1.54, 1.807) is 4.90 Å². The molecule has 7 nitrogen and oxygen atoms in total. The molecule has 0 bridgehead atoms. The van der Waals surface area contributed by atoms with Crippen LogP contribution in [0.1, 0.15) is 49.2 Å². The molecule has 2 aliphatic rings. The first-order chi connectivity index (χ1) is 15.6. The molecule has 0 unspecified atom stereocenters. The fourth-order valence-corrected chi connectivity index (χ4v) is 5.23. The molecule has 0 spiro atoms. The molecule has 2 saturated heterocycles. The summed E-state index contributed by atoms with van der Waals surface area (Å²) in [6.07, 6.45) is 1.55. The van der Waals surface area contributed by atoms with E-state index in [0.717, 1.165) is 35.7 Å². The lowest BCUT2D eigenvalue weighted by Gasteiger charge is -2.36. The van der Waals surface area contributed by atoms with E-state index in [4.69, 9.17) is 4.74 Å². The van der Waals surface area contributed by atoms with Gasteiger partial charge in [-0.2, -0.15) is 0 Å². The van der Waals surface area contributed by atoms with Crippen molar-refractivity contribution in [2.24, 2.45) is 5.92 Å². The highest BCUT2D eigenvalue weighted by atomic mass is 16.6. The third-order valence-electron chi connectivity index (χ3n) is 6.62. The summed E-state index contributed by atoms with van der Waals surface area (Å²) < 4.78 is 5.63. The number of aromatic nitrogens is 1. The summed E-state index contributed by atoms with van der Waals surface area (Å²) in [5.41, 5.74) is 3.13. The van der Waals surface area contributed by atoms with E-state index in [9.17, 15) is 9.59 Å². The lowest BCUT2D eigenvalue weighted by atomic mass is 9.88. The molecule has 0 N–H and O–H groups in total. The molecule has 176 valence electrons. The predicted octanol–water partition coefficient (Wildman–Crippen LogP) is 4.42. The average Bonchev–Trinajstić information content (AvgIpc) is 3.02. The summed E-state index contributed by atoms with van der Waals surface area (Å²) in [7, 11) is 0. The molecule has 1 atom stereocenters. The van der Waals surface area contributed by atoms with Gasteiger partial charge in [0, 0.05) is 43.6 Å². The highest BCUT2D eigenvalue weighted by molar-refractivity contribution is 5.96. The number of hydrogen-bond acceptors (Lipinski definition) is 5. The van der Waals surface area contributed by atoms with Crippen molar-refractivity contribution in [3.05, 3.63) is 53.2 Å². The van der Waals surface area contributed by atoms with Gasteiger partial charge in [-0.3, -0.25) is 9.69 Å². The smallest absolute Gasteiger partial charge is 0.415 e. The second kappa shape index (κ2) is 8.69. The number of nitrogens with zero attached hydrogens (tertiary/aromatic N) is 4. The number of carbonyl (C=O) groups excluding carboxylic acids is 2. The van der Waals surface area contributed by atoms with Gasteiger partial charge in [0.1, 0.15) is 11.4 Å². The molecule has 2 aliphatic heterocycles. The van der Waals surface area contributed by atoms with Gasteiger partial charge in [-0.15, -0.1) is 0 Å². The fourth-order valence-electron chi connectivity index (χ4n) is 5.23. The number of amides is 2. The Morgan fingerprint density at radius 3 is 2.30 bits per heavy atom. The van der Waals surface area contributed by atoms with Crippen LogP contribution in [0.15, 0.2) is 36.5 Å². The van der Waals surface area contributed by atoms with E-state index in [2.05, 4.69) is 36.7 Å². The van der Waals surface area contributed by atoms with Gasteiger partial charge in [-0.25, -0.2) is 9.78 Å². The number of piperazine rings is 1. The van der Waals surface area contributed by atoms with Crippen molar-refractivity contribution in [2.45, 2.75) is 53.2 Å². The summed E-state index contributed by atoms with van der Waals surface area (Å²) in [5.74, 6) is 1.24. The third kappa shape index (κ3) is 4.41. The van der Waals surface area contributed by atoms with Crippen LogP contribution in [0.25, 0.3) is 0 Å². The molecule has 1 aromatic carbocycles. The molecule has 2 aromatic rings. The van der Waals surface area contributed by atoms with Crippen molar-refractivity contribution in [3.63, 3.8) is 0 Å². The number of hydrogen-bond donors (Lipinski definition) is 0. The zero-order valence-electron chi connectivity index (χ0n) is 20.5. The number of rotatable bonds is 4. The number of cyclic esters (lactones) is 1. The fraction of sp³-hybridized carbons (Fsp3) is 0.500. The maximum absolute atomic E-state index is 13.1. The van der Waals surface area contributed by atoms with Gasteiger partial charge in [0.25, 0.3) is 5.91 Å². The Bertz CT molecular complexity index is 1040. The van der Waals surface area contributed by atoms with E-state index in [-0.39, 0.29) is 24.0 Å². The maximum atomic E-state index is 13.1. The summed E-state index contributed by atoms with van der Waals surface area (Å²) in [6.45, 7) is 15.0. The Labute approximate surface area is 196 Å². The zero-order valence-corrected chi connectivity index (χ0v) is 20.5. The van der Waals surface area contributed by atoms with Crippen molar-refractivity contribution in [1.29, 1.82) is 0 Å². The van der Waals surface area contributed by atoms with E-state index >= 15 is 0 Å². The molecule has 3 heterocycles. The van der Waals surface area contributed by atoms with Crippen molar-refractivity contribution >= 4 is 23.5 Å². The van der Waals surface area contributed by atoms with Crippen LogP contribution in [0.3, 0.4) is 0 Å². The lowest BCUT2D eigenvalue weighted by molar-refractivity contribution is 0.0592. The molecular formula is C26H34N4O3. The zero-order chi connectivity index (χ0) is 23.9. The third-order valence-corrected chi connectivity index (χ3v) is 6.62. The van der Waals surface area contributed by atoms with Crippen LogP contribution in [-0.2, 0) is 4.74 Å². The van der Waals surface area contributed by atoms with Gasteiger partial charge in [0.15, 0.2) is 0 Å². The first kappa shape index (κ1) is 23.1. The number of anilines is 2. The molecule has 0 saturated carbocycles. The van der Waals surface area contributed by atoms with Gasteiger partial charge in [-0.1, -0.05) is 19.9 Å². The summed E-state index contributed by atoms with van der Waals surface area (Å²) in [6, 6.07) is 9.39. The summed E-state index contributed by atoms with van der Waals surface area (Å²) in [5, 5.41) is 0. The average molecular weight is 451 g/mol. The molecule has 7 heteroatoms. The SMILES string of the molecule is Cc1cnc(N2CCN(C(=O)c3ccc(N4C(=O)OC(C)(C)[C@H]4C(C)C)cc3)CC2)c(C)c1. The monoisotopic (exact) mass is 450 g/mol. The Morgan fingerprint density at radius 1 is 1.09 bits per heavy atom. The number of ether oxygens (including phenoxy) is 1. The first-order valence-corrected chi connectivity index (χ1v) is 11.7. The number of carbonyl (C=O) groups is 2. The molecule has 33 heavy (non-hydrogen) atoms. The predicted molar refractivity (Wildman–Crippen MR) is 130 cm³/mol. The Balaban J connectivity index is 1.43. The van der Waals surface area contributed by atoms with Gasteiger partial charge in [-0.05, 0) is 69.0 Å². The second-order valence-electron chi connectivity index (χ2n) is 10.0. The minimum Gasteiger partial charge on any atom is -0.441 e. The van der Waals surface area contributed by atoms with Crippen LogP contribution in [0.5, 0.6) is 0 Å². The summed E-state index contributed by atoms with van der Waals surface area (Å²) >= 11 is 0. The Kier molecular flexibility index (Phi) is 6.08.